The van der Waals surface area contributed by atoms with Gasteiger partial charge in [0.05, 0.1) is 10.6 Å². The molecule has 0 bridgehead atoms. The summed E-state index contributed by atoms with van der Waals surface area (Å²) in [5.74, 6) is 2.51. The standard InChI is InChI=1S/C16H17NO3S2/c1-17-12-2-4-13(5-3-12)20-14-6-8-16(9-7-14)22(18,19)11-15-10-21-15/h2-9,15,17H,10-11H2,1H3. The third kappa shape index (κ3) is 3.75. The Hall–Kier alpha value is -1.66. The van der Waals surface area contributed by atoms with Gasteiger partial charge in [0.2, 0.25) is 0 Å². The fraction of sp³-hybridized carbons (Fsp3) is 0.250. The summed E-state index contributed by atoms with van der Waals surface area (Å²) in [6.07, 6.45) is 0. The summed E-state index contributed by atoms with van der Waals surface area (Å²) in [5.41, 5.74) is 1.01. The second kappa shape index (κ2) is 6.22. The molecule has 0 amide bonds. The molecule has 0 spiro atoms. The summed E-state index contributed by atoms with van der Waals surface area (Å²) in [7, 11) is -1.32. The minimum absolute atomic E-state index is 0.226. The summed E-state index contributed by atoms with van der Waals surface area (Å²) >= 11 is 1.69. The highest BCUT2D eigenvalue weighted by molar-refractivity contribution is 8.08. The predicted molar refractivity (Wildman–Crippen MR) is 90.8 cm³/mol. The van der Waals surface area contributed by atoms with Gasteiger partial charge in [-0.25, -0.2) is 8.42 Å². The zero-order chi connectivity index (χ0) is 15.6. The van der Waals surface area contributed by atoms with Crippen LogP contribution >= 0.6 is 11.8 Å². The topological polar surface area (TPSA) is 55.4 Å². The highest BCUT2D eigenvalue weighted by Gasteiger charge is 2.29. The maximum atomic E-state index is 12.2. The van der Waals surface area contributed by atoms with Crippen LogP contribution in [-0.4, -0.2) is 32.2 Å². The second-order valence-corrected chi connectivity index (χ2v) is 8.45. The Bertz CT molecular complexity index is 736. The molecule has 1 fully saturated rings. The first-order valence-corrected chi connectivity index (χ1v) is 9.67. The molecule has 3 rings (SSSR count). The number of sulfone groups is 1. The molecule has 4 nitrogen and oxygen atoms in total. The molecule has 1 aliphatic heterocycles. The molecule has 0 saturated carbocycles. The molecule has 22 heavy (non-hydrogen) atoms. The van der Waals surface area contributed by atoms with Crippen LogP contribution in [0, 0.1) is 0 Å². The Morgan fingerprint density at radius 1 is 1.09 bits per heavy atom. The molecule has 116 valence electrons. The molecule has 0 radical (unpaired) electrons. The number of hydrogen-bond acceptors (Lipinski definition) is 5. The van der Waals surface area contributed by atoms with Crippen LogP contribution in [0.5, 0.6) is 11.5 Å². The fourth-order valence-electron chi connectivity index (χ4n) is 2.05. The lowest BCUT2D eigenvalue weighted by atomic mass is 10.3. The van der Waals surface area contributed by atoms with Crippen LogP contribution in [-0.2, 0) is 9.84 Å². The Balaban J connectivity index is 1.70. The quantitative estimate of drug-likeness (QED) is 0.820. The Morgan fingerprint density at radius 2 is 1.64 bits per heavy atom. The maximum absolute atomic E-state index is 12.2. The summed E-state index contributed by atoms with van der Waals surface area (Å²) in [4.78, 5) is 0.359. The molecule has 1 saturated heterocycles. The number of anilines is 1. The van der Waals surface area contributed by atoms with E-state index in [9.17, 15) is 8.42 Å². The lowest BCUT2D eigenvalue weighted by Crippen LogP contribution is -2.10. The summed E-state index contributed by atoms with van der Waals surface area (Å²) in [5, 5.41) is 3.31. The maximum Gasteiger partial charge on any atom is 0.179 e. The highest BCUT2D eigenvalue weighted by atomic mass is 32.2. The lowest BCUT2D eigenvalue weighted by Gasteiger charge is -2.08. The molecule has 0 aliphatic carbocycles. The van der Waals surface area contributed by atoms with Gasteiger partial charge in [0.15, 0.2) is 9.84 Å². The van der Waals surface area contributed by atoms with Crippen molar-refractivity contribution in [3.8, 4) is 11.5 Å². The summed E-state index contributed by atoms with van der Waals surface area (Å²) in [6, 6.07) is 14.2. The van der Waals surface area contributed by atoms with Crippen molar-refractivity contribution in [2.75, 3.05) is 23.9 Å². The van der Waals surface area contributed by atoms with Crippen molar-refractivity contribution in [3.05, 3.63) is 48.5 Å². The smallest absolute Gasteiger partial charge is 0.179 e. The molecule has 2 aromatic rings. The Morgan fingerprint density at radius 3 is 2.14 bits per heavy atom. The van der Waals surface area contributed by atoms with E-state index in [1.54, 1.807) is 36.0 Å². The molecule has 6 heteroatoms. The SMILES string of the molecule is CNc1ccc(Oc2ccc(S(=O)(=O)CC3CS3)cc2)cc1. The zero-order valence-corrected chi connectivity index (χ0v) is 13.8. The lowest BCUT2D eigenvalue weighted by molar-refractivity contribution is 0.482. The molecule has 1 N–H and O–H groups in total. The van der Waals surface area contributed by atoms with Gasteiger partial charge in [-0.05, 0) is 48.5 Å². The van der Waals surface area contributed by atoms with Crippen molar-refractivity contribution in [1.82, 2.24) is 0 Å². The van der Waals surface area contributed by atoms with Crippen molar-refractivity contribution < 1.29 is 13.2 Å². The Kier molecular flexibility index (Phi) is 4.31. The van der Waals surface area contributed by atoms with Crippen molar-refractivity contribution in [3.63, 3.8) is 0 Å². The summed E-state index contributed by atoms with van der Waals surface area (Å²) < 4.78 is 30.0. The van der Waals surface area contributed by atoms with E-state index in [-0.39, 0.29) is 11.0 Å². The second-order valence-electron chi connectivity index (χ2n) is 5.08. The third-order valence-corrected chi connectivity index (χ3v) is 6.38. The van der Waals surface area contributed by atoms with E-state index in [2.05, 4.69) is 5.32 Å². The minimum Gasteiger partial charge on any atom is -0.457 e. The van der Waals surface area contributed by atoms with E-state index in [1.165, 1.54) is 0 Å². The van der Waals surface area contributed by atoms with Gasteiger partial charge in [-0.1, -0.05) is 0 Å². The zero-order valence-electron chi connectivity index (χ0n) is 12.2. The largest absolute Gasteiger partial charge is 0.457 e. The molecule has 1 heterocycles. The van der Waals surface area contributed by atoms with Crippen LogP contribution in [0.2, 0.25) is 0 Å². The van der Waals surface area contributed by atoms with Crippen molar-refractivity contribution in [2.45, 2.75) is 10.1 Å². The van der Waals surface area contributed by atoms with Gasteiger partial charge in [-0.3, -0.25) is 0 Å². The van der Waals surface area contributed by atoms with E-state index >= 15 is 0 Å². The van der Waals surface area contributed by atoms with Crippen molar-refractivity contribution >= 4 is 27.3 Å². The predicted octanol–water partition coefficient (Wildman–Crippen LogP) is 3.41. The van der Waals surface area contributed by atoms with Gasteiger partial charge in [0.25, 0.3) is 0 Å². The molecular weight excluding hydrogens is 318 g/mol. The van der Waals surface area contributed by atoms with Gasteiger partial charge in [-0.2, -0.15) is 11.8 Å². The first-order chi connectivity index (χ1) is 10.6. The first-order valence-electron chi connectivity index (χ1n) is 6.97. The first kappa shape index (κ1) is 15.2. The van der Waals surface area contributed by atoms with Gasteiger partial charge in [0.1, 0.15) is 11.5 Å². The van der Waals surface area contributed by atoms with Crippen LogP contribution in [0.15, 0.2) is 53.4 Å². The molecule has 2 aromatic carbocycles. The average molecular weight is 335 g/mol. The van der Waals surface area contributed by atoms with E-state index in [4.69, 9.17) is 4.74 Å². The van der Waals surface area contributed by atoms with Gasteiger partial charge in [-0.15, -0.1) is 0 Å². The molecule has 1 unspecified atom stereocenters. The van der Waals surface area contributed by atoms with Gasteiger partial charge in [0, 0.05) is 23.7 Å². The third-order valence-electron chi connectivity index (χ3n) is 3.37. The molecule has 1 aliphatic rings. The monoisotopic (exact) mass is 335 g/mol. The molecule has 1 atom stereocenters. The summed E-state index contributed by atoms with van der Waals surface area (Å²) in [6.45, 7) is 0. The fourth-order valence-corrected chi connectivity index (χ4v) is 4.72. The number of rotatable bonds is 6. The van der Waals surface area contributed by atoms with E-state index < -0.39 is 9.84 Å². The van der Waals surface area contributed by atoms with Crippen molar-refractivity contribution in [2.24, 2.45) is 0 Å². The van der Waals surface area contributed by atoms with Gasteiger partial charge < -0.3 is 10.1 Å². The normalized spacial score (nSPS) is 17.0. The van der Waals surface area contributed by atoms with Gasteiger partial charge >= 0.3 is 0 Å². The molecule has 0 aromatic heterocycles. The number of hydrogen-bond donors (Lipinski definition) is 1. The van der Waals surface area contributed by atoms with E-state index in [1.807, 2.05) is 31.3 Å². The van der Waals surface area contributed by atoms with E-state index in [0.29, 0.717) is 16.4 Å². The Labute approximate surface area is 134 Å². The minimum atomic E-state index is -3.18. The average Bonchev–Trinajstić information content (AvgIpc) is 3.32. The van der Waals surface area contributed by atoms with Crippen molar-refractivity contribution in [1.29, 1.82) is 0 Å². The van der Waals surface area contributed by atoms with E-state index in [0.717, 1.165) is 11.4 Å². The van der Waals surface area contributed by atoms with Crippen LogP contribution in [0.4, 0.5) is 5.69 Å². The number of nitrogens with one attached hydrogen (secondary N) is 1. The van der Waals surface area contributed by atoms with Crippen LogP contribution < -0.4 is 10.1 Å². The number of thioether (sulfide) groups is 1. The van der Waals surface area contributed by atoms with Crippen LogP contribution in [0.25, 0.3) is 0 Å². The molecular formula is C16H17NO3S2. The van der Waals surface area contributed by atoms with Crippen LogP contribution in [0.1, 0.15) is 0 Å². The van der Waals surface area contributed by atoms with Crippen LogP contribution in [0.3, 0.4) is 0 Å². The highest BCUT2D eigenvalue weighted by Crippen LogP contribution is 2.33. The number of ether oxygens (including phenoxy) is 1. The number of benzene rings is 2.